The van der Waals surface area contributed by atoms with E-state index in [-0.39, 0.29) is 19.0 Å². The van der Waals surface area contributed by atoms with Gasteiger partial charge in [0.1, 0.15) is 0 Å². The van der Waals surface area contributed by atoms with Crippen molar-refractivity contribution in [3.05, 3.63) is 23.8 Å². The van der Waals surface area contributed by atoms with E-state index in [9.17, 15) is 4.79 Å². The molecular formula is C15H18N2O3. The normalized spacial score (nSPS) is 16.6. The fourth-order valence-corrected chi connectivity index (χ4v) is 1.69. The smallest absolute Gasteiger partial charge is 0.234 e. The first kappa shape index (κ1) is 14.2. The lowest BCUT2D eigenvalue weighted by molar-refractivity contribution is -0.119. The SMILES string of the molecule is CC1COc2ccc(C#CCNC(=O)CN)cc2OC1. The maximum Gasteiger partial charge on any atom is 0.234 e. The van der Waals surface area contributed by atoms with Crippen molar-refractivity contribution in [3.8, 4) is 23.3 Å². The number of amides is 1. The number of nitrogens with one attached hydrogen (secondary N) is 1. The second kappa shape index (κ2) is 6.83. The summed E-state index contributed by atoms with van der Waals surface area (Å²) in [6.45, 7) is 3.62. The van der Waals surface area contributed by atoms with E-state index >= 15 is 0 Å². The third-order valence-electron chi connectivity index (χ3n) is 2.78. The molecule has 20 heavy (non-hydrogen) atoms. The van der Waals surface area contributed by atoms with Crippen molar-refractivity contribution in [1.82, 2.24) is 5.32 Å². The van der Waals surface area contributed by atoms with Gasteiger partial charge in [-0.15, -0.1) is 0 Å². The topological polar surface area (TPSA) is 73.6 Å². The predicted molar refractivity (Wildman–Crippen MR) is 75.5 cm³/mol. The van der Waals surface area contributed by atoms with Gasteiger partial charge < -0.3 is 20.5 Å². The molecule has 1 amide bonds. The Bertz CT molecular complexity index is 546. The average Bonchev–Trinajstić information content (AvgIpc) is 2.65. The molecule has 0 spiro atoms. The van der Waals surface area contributed by atoms with E-state index < -0.39 is 0 Å². The van der Waals surface area contributed by atoms with E-state index in [1.165, 1.54) is 0 Å². The van der Waals surface area contributed by atoms with Crippen molar-refractivity contribution in [3.63, 3.8) is 0 Å². The Kier molecular flexibility index (Phi) is 4.85. The molecule has 106 valence electrons. The fraction of sp³-hybridized carbons (Fsp3) is 0.400. The second-order valence-corrected chi connectivity index (χ2v) is 4.67. The van der Waals surface area contributed by atoms with Crippen molar-refractivity contribution in [2.45, 2.75) is 6.92 Å². The van der Waals surface area contributed by atoms with Gasteiger partial charge in [0.25, 0.3) is 0 Å². The minimum Gasteiger partial charge on any atom is -0.489 e. The molecule has 0 radical (unpaired) electrons. The molecule has 0 saturated carbocycles. The van der Waals surface area contributed by atoms with E-state index in [1.54, 1.807) is 0 Å². The fourth-order valence-electron chi connectivity index (χ4n) is 1.69. The Morgan fingerprint density at radius 3 is 2.90 bits per heavy atom. The molecule has 1 aliphatic heterocycles. The highest BCUT2D eigenvalue weighted by Gasteiger charge is 2.14. The lowest BCUT2D eigenvalue weighted by Gasteiger charge is -2.06. The number of rotatable bonds is 2. The van der Waals surface area contributed by atoms with E-state index in [1.807, 2.05) is 18.2 Å². The van der Waals surface area contributed by atoms with Crippen LogP contribution in [-0.4, -0.2) is 32.2 Å². The molecule has 1 heterocycles. The van der Waals surface area contributed by atoms with Gasteiger partial charge in [0, 0.05) is 11.5 Å². The molecule has 1 aromatic rings. The summed E-state index contributed by atoms with van der Waals surface area (Å²) in [5.74, 6) is 7.44. The van der Waals surface area contributed by atoms with Crippen LogP contribution in [0.3, 0.4) is 0 Å². The van der Waals surface area contributed by atoms with E-state index in [0.717, 1.165) is 11.3 Å². The van der Waals surface area contributed by atoms with Crippen LogP contribution in [-0.2, 0) is 4.79 Å². The Hall–Kier alpha value is -2.19. The maximum atomic E-state index is 10.9. The zero-order valence-corrected chi connectivity index (χ0v) is 11.4. The van der Waals surface area contributed by atoms with Crippen molar-refractivity contribution in [1.29, 1.82) is 0 Å². The summed E-state index contributed by atoms with van der Waals surface area (Å²) >= 11 is 0. The molecule has 5 nitrogen and oxygen atoms in total. The van der Waals surface area contributed by atoms with Crippen LogP contribution in [0.1, 0.15) is 12.5 Å². The summed E-state index contributed by atoms with van der Waals surface area (Å²) < 4.78 is 11.3. The van der Waals surface area contributed by atoms with Gasteiger partial charge in [-0.1, -0.05) is 18.8 Å². The molecule has 1 aromatic carbocycles. The third-order valence-corrected chi connectivity index (χ3v) is 2.78. The van der Waals surface area contributed by atoms with Gasteiger partial charge in [-0.3, -0.25) is 4.79 Å². The predicted octanol–water partition coefficient (Wildman–Crippen LogP) is 0.520. The van der Waals surface area contributed by atoms with Crippen LogP contribution in [0.5, 0.6) is 11.5 Å². The summed E-state index contributed by atoms with van der Waals surface area (Å²) in [7, 11) is 0. The van der Waals surface area contributed by atoms with Gasteiger partial charge in [-0.25, -0.2) is 0 Å². The van der Waals surface area contributed by atoms with Crippen molar-refractivity contribution in [2.24, 2.45) is 11.7 Å². The van der Waals surface area contributed by atoms with Gasteiger partial charge in [0.2, 0.25) is 5.91 Å². The van der Waals surface area contributed by atoms with Crippen LogP contribution in [0.25, 0.3) is 0 Å². The number of benzene rings is 1. The monoisotopic (exact) mass is 274 g/mol. The minimum absolute atomic E-state index is 0.0239. The summed E-state index contributed by atoms with van der Waals surface area (Å²) in [6, 6.07) is 5.58. The van der Waals surface area contributed by atoms with Crippen LogP contribution < -0.4 is 20.5 Å². The van der Waals surface area contributed by atoms with Crippen LogP contribution in [0.4, 0.5) is 0 Å². The summed E-state index contributed by atoms with van der Waals surface area (Å²) in [5, 5.41) is 2.59. The molecule has 1 aliphatic rings. The number of hydrogen-bond acceptors (Lipinski definition) is 4. The molecule has 0 aliphatic carbocycles. The van der Waals surface area contributed by atoms with Gasteiger partial charge >= 0.3 is 0 Å². The quantitative estimate of drug-likeness (QED) is 0.771. The summed E-state index contributed by atoms with van der Waals surface area (Å²) in [5.41, 5.74) is 6.00. The second-order valence-electron chi connectivity index (χ2n) is 4.67. The average molecular weight is 274 g/mol. The first-order chi connectivity index (χ1) is 9.69. The highest BCUT2D eigenvalue weighted by atomic mass is 16.5. The lowest BCUT2D eigenvalue weighted by atomic mass is 10.2. The first-order valence-electron chi connectivity index (χ1n) is 6.54. The number of ether oxygens (including phenoxy) is 2. The number of carbonyl (C=O) groups is 1. The first-order valence-corrected chi connectivity index (χ1v) is 6.54. The minimum atomic E-state index is -0.216. The van der Waals surface area contributed by atoms with Crippen LogP contribution in [0.15, 0.2) is 18.2 Å². The number of carbonyl (C=O) groups excluding carboxylic acids is 1. The van der Waals surface area contributed by atoms with Crippen molar-refractivity contribution in [2.75, 3.05) is 26.3 Å². The molecule has 0 aromatic heterocycles. The molecule has 1 unspecified atom stereocenters. The summed E-state index contributed by atoms with van der Waals surface area (Å²) in [4.78, 5) is 10.9. The highest BCUT2D eigenvalue weighted by Crippen LogP contribution is 2.30. The molecular weight excluding hydrogens is 256 g/mol. The van der Waals surface area contributed by atoms with Gasteiger partial charge in [0.05, 0.1) is 26.3 Å². The third kappa shape index (κ3) is 3.90. The van der Waals surface area contributed by atoms with E-state index in [2.05, 4.69) is 24.1 Å². The van der Waals surface area contributed by atoms with Crippen LogP contribution in [0.2, 0.25) is 0 Å². The Morgan fingerprint density at radius 1 is 1.40 bits per heavy atom. The van der Waals surface area contributed by atoms with Gasteiger partial charge in [-0.05, 0) is 18.2 Å². The molecule has 0 saturated heterocycles. The number of fused-ring (bicyclic) bond motifs is 1. The van der Waals surface area contributed by atoms with Gasteiger partial charge in [0.15, 0.2) is 11.5 Å². The molecule has 0 bridgehead atoms. The molecule has 3 N–H and O–H groups in total. The molecule has 5 heteroatoms. The van der Waals surface area contributed by atoms with Crippen molar-refractivity contribution < 1.29 is 14.3 Å². The molecule has 0 fully saturated rings. The Labute approximate surface area is 118 Å². The Balaban J connectivity index is 2.01. The zero-order chi connectivity index (χ0) is 14.4. The largest absolute Gasteiger partial charge is 0.489 e. The summed E-state index contributed by atoms with van der Waals surface area (Å²) in [6.07, 6.45) is 0. The zero-order valence-electron chi connectivity index (χ0n) is 11.4. The van der Waals surface area contributed by atoms with Gasteiger partial charge in [-0.2, -0.15) is 0 Å². The number of nitrogens with two attached hydrogens (primary N) is 1. The standard InChI is InChI=1S/C15H18N2O3/c1-11-9-19-13-5-4-12(7-14(13)20-10-11)3-2-6-17-15(18)8-16/h4-5,7,11H,6,8-10,16H2,1H3,(H,17,18). The van der Waals surface area contributed by atoms with E-state index in [4.69, 9.17) is 15.2 Å². The highest BCUT2D eigenvalue weighted by molar-refractivity contribution is 5.77. The number of hydrogen-bond donors (Lipinski definition) is 2. The van der Waals surface area contributed by atoms with Crippen molar-refractivity contribution >= 4 is 5.91 Å². The van der Waals surface area contributed by atoms with Crippen LogP contribution >= 0.6 is 0 Å². The molecule has 2 rings (SSSR count). The maximum absolute atomic E-state index is 10.9. The Morgan fingerprint density at radius 2 is 2.15 bits per heavy atom. The van der Waals surface area contributed by atoms with E-state index in [0.29, 0.717) is 24.9 Å². The lowest BCUT2D eigenvalue weighted by Crippen LogP contribution is -2.30. The van der Waals surface area contributed by atoms with Crippen LogP contribution in [0, 0.1) is 17.8 Å². The molecule has 1 atom stereocenters.